The van der Waals surface area contributed by atoms with E-state index in [9.17, 15) is 23.3 Å². The van der Waals surface area contributed by atoms with Crippen molar-refractivity contribution in [1.82, 2.24) is 5.32 Å². The van der Waals surface area contributed by atoms with Crippen LogP contribution in [0.3, 0.4) is 0 Å². The summed E-state index contributed by atoms with van der Waals surface area (Å²) in [6, 6.07) is 2.83. The predicted molar refractivity (Wildman–Crippen MR) is 78.0 cm³/mol. The van der Waals surface area contributed by atoms with Crippen LogP contribution in [0.4, 0.5) is 11.4 Å². The highest BCUT2D eigenvalue weighted by atomic mass is 32.2. The molecule has 1 rings (SSSR count). The number of amides is 1. The van der Waals surface area contributed by atoms with Crippen LogP contribution < -0.4 is 10.6 Å². The molecule has 21 heavy (non-hydrogen) atoms. The monoisotopic (exact) mass is 315 g/mol. The molecule has 8 nitrogen and oxygen atoms in total. The van der Waals surface area contributed by atoms with Gasteiger partial charge < -0.3 is 10.6 Å². The van der Waals surface area contributed by atoms with Crippen LogP contribution in [0, 0.1) is 10.1 Å². The van der Waals surface area contributed by atoms with Crippen LogP contribution in [-0.4, -0.2) is 38.1 Å². The molecule has 116 valence electrons. The molecule has 2 N–H and O–H groups in total. The Morgan fingerprint density at radius 3 is 2.52 bits per heavy atom. The largest absolute Gasteiger partial charge is 0.368 e. The topological polar surface area (TPSA) is 118 Å². The zero-order valence-corrected chi connectivity index (χ0v) is 12.7. The minimum Gasteiger partial charge on any atom is -0.368 e. The second-order valence-electron chi connectivity index (χ2n) is 4.47. The lowest BCUT2D eigenvalue weighted by Gasteiger charge is -2.15. The van der Waals surface area contributed by atoms with E-state index in [1.54, 1.807) is 13.8 Å². The fourth-order valence-corrected chi connectivity index (χ4v) is 2.28. The molecule has 0 saturated carbocycles. The Labute approximate surface area is 122 Å². The van der Waals surface area contributed by atoms with Crippen molar-refractivity contribution >= 4 is 27.1 Å². The minimum absolute atomic E-state index is 0.0890. The van der Waals surface area contributed by atoms with Gasteiger partial charge in [-0.3, -0.25) is 14.9 Å². The van der Waals surface area contributed by atoms with Crippen LogP contribution >= 0.6 is 0 Å². The number of benzene rings is 1. The Morgan fingerprint density at radius 1 is 1.43 bits per heavy atom. The van der Waals surface area contributed by atoms with E-state index in [2.05, 4.69) is 10.6 Å². The fourth-order valence-electron chi connectivity index (χ4n) is 1.64. The Balaban J connectivity index is 3.13. The highest BCUT2D eigenvalue weighted by Gasteiger charge is 2.21. The number of anilines is 1. The predicted octanol–water partition coefficient (Wildman–Crippen LogP) is 0.935. The number of carbonyl (C=O) groups is 1. The van der Waals surface area contributed by atoms with Gasteiger partial charge in [-0.25, -0.2) is 8.42 Å². The van der Waals surface area contributed by atoms with Crippen molar-refractivity contribution in [1.29, 1.82) is 0 Å². The van der Waals surface area contributed by atoms with Gasteiger partial charge in [-0.1, -0.05) is 0 Å². The molecule has 0 saturated heterocycles. The maximum absolute atomic E-state index is 11.6. The van der Waals surface area contributed by atoms with E-state index in [1.165, 1.54) is 12.1 Å². The van der Waals surface area contributed by atoms with E-state index >= 15 is 0 Å². The first-order chi connectivity index (χ1) is 9.66. The van der Waals surface area contributed by atoms with Crippen molar-refractivity contribution in [2.45, 2.75) is 24.8 Å². The lowest BCUT2D eigenvalue weighted by molar-refractivity contribution is -0.384. The number of hydrogen-bond donors (Lipinski definition) is 2. The molecule has 0 aliphatic rings. The van der Waals surface area contributed by atoms with Crippen LogP contribution in [0.1, 0.15) is 13.8 Å². The summed E-state index contributed by atoms with van der Waals surface area (Å²) < 4.78 is 22.9. The maximum Gasteiger partial charge on any atom is 0.293 e. The number of carbonyl (C=O) groups excluding carboxylic acids is 1. The summed E-state index contributed by atoms with van der Waals surface area (Å²) in [5.41, 5.74) is -0.305. The van der Waals surface area contributed by atoms with Crippen LogP contribution in [0.25, 0.3) is 0 Å². The first kappa shape index (κ1) is 16.9. The van der Waals surface area contributed by atoms with Crippen molar-refractivity contribution in [3.05, 3.63) is 28.3 Å². The van der Waals surface area contributed by atoms with E-state index in [0.717, 1.165) is 12.3 Å². The van der Waals surface area contributed by atoms with Gasteiger partial charge in [0.1, 0.15) is 11.7 Å². The normalized spacial score (nSPS) is 12.5. The standard InChI is InChI=1S/C12H17N3O5S/c1-4-13-12(16)8(2)14-10-6-5-9(21(3,19)20)7-11(10)15(17)18/h5-8,14H,4H2,1-3H3,(H,13,16). The van der Waals surface area contributed by atoms with Gasteiger partial charge in [0.25, 0.3) is 5.69 Å². The van der Waals surface area contributed by atoms with Gasteiger partial charge in [0, 0.05) is 18.9 Å². The van der Waals surface area contributed by atoms with E-state index in [4.69, 9.17) is 0 Å². The third kappa shape index (κ3) is 4.42. The number of rotatable bonds is 6. The molecule has 1 unspecified atom stereocenters. The Bertz CT molecular complexity index is 657. The number of likely N-dealkylation sites (N-methyl/N-ethyl adjacent to an activating group) is 1. The van der Waals surface area contributed by atoms with Gasteiger partial charge in [-0.15, -0.1) is 0 Å². The molecule has 0 aliphatic heterocycles. The first-order valence-corrected chi connectivity index (χ1v) is 8.08. The molecular weight excluding hydrogens is 298 g/mol. The second-order valence-corrected chi connectivity index (χ2v) is 6.48. The second kappa shape index (κ2) is 6.53. The summed E-state index contributed by atoms with van der Waals surface area (Å²) in [5, 5.41) is 16.3. The zero-order valence-electron chi connectivity index (χ0n) is 11.9. The summed E-state index contributed by atoms with van der Waals surface area (Å²) in [6.07, 6.45) is 0.969. The van der Waals surface area contributed by atoms with Crippen molar-refractivity contribution in [2.24, 2.45) is 0 Å². The average molecular weight is 315 g/mol. The van der Waals surface area contributed by atoms with E-state index in [0.29, 0.717) is 6.54 Å². The van der Waals surface area contributed by atoms with E-state index in [1.807, 2.05) is 0 Å². The number of nitro groups is 1. The summed E-state index contributed by atoms with van der Waals surface area (Å²) in [6.45, 7) is 3.76. The molecule has 1 aromatic rings. The third-order valence-corrected chi connectivity index (χ3v) is 3.82. The fraction of sp³-hybridized carbons (Fsp3) is 0.417. The molecule has 0 aromatic heterocycles. The molecule has 0 fully saturated rings. The zero-order chi connectivity index (χ0) is 16.2. The van der Waals surface area contributed by atoms with Crippen molar-refractivity contribution in [2.75, 3.05) is 18.1 Å². The van der Waals surface area contributed by atoms with Crippen LogP contribution in [0.2, 0.25) is 0 Å². The molecule has 0 heterocycles. The Kier molecular flexibility index (Phi) is 5.25. The summed E-state index contributed by atoms with van der Waals surface area (Å²) in [4.78, 5) is 21.8. The van der Waals surface area contributed by atoms with Gasteiger partial charge in [0.15, 0.2) is 9.84 Å². The molecule has 0 aliphatic carbocycles. The van der Waals surface area contributed by atoms with Crippen molar-refractivity contribution < 1.29 is 18.1 Å². The van der Waals surface area contributed by atoms with Gasteiger partial charge in [0.2, 0.25) is 5.91 Å². The molecule has 9 heteroatoms. The highest BCUT2D eigenvalue weighted by molar-refractivity contribution is 7.90. The average Bonchev–Trinajstić information content (AvgIpc) is 2.37. The van der Waals surface area contributed by atoms with Crippen molar-refractivity contribution in [3.63, 3.8) is 0 Å². The van der Waals surface area contributed by atoms with Gasteiger partial charge in [0.05, 0.1) is 9.82 Å². The molecule has 1 atom stereocenters. The molecular formula is C12H17N3O5S. The molecule has 0 bridgehead atoms. The third-order valence-electron chi connectivity index (χ3n) is 2.71. The van der Waals surface area contributed by atoms with Crippen LogP contribution in [-0.2, 0) is 14.6 Å². The van der Waals surface area contributed by atoms with E-state index in [-0.39, 0.29) is 16.5 Å². The number of nitrogens with one attached hydrogen (secondary N) is 2. The number of hydrogen-bond acceptors (Lipinski definition) is 6. The molecule has 1 amide bonds. The SMILES string of the molecule is CCNC(=O)C(C)Nc1ccc(S(C)(=O)=O)cc1[N+](=O)[O-]. The summed E-state index contributed by atoms with van der Waals surface area (Å²) in [7, 11) is -3.54. The van der Waals surface area contributed by atoms with Gasteiger partial charge >= 0.3 is 0 Å². The van der Waals surface area contributed by atoms with Crippen LogP contribution in [0.5, 0.6) is 0 Å². The Hall–Kier alpha value is -2.16. The lowest BCUT2D eigenvalue weighted by atomic mass is 10.2. The number of nitro benzene ring substituents is 1. The van der Waals surface area contributed by atoms with Crippen LogP contribution in [0.15, 0.2) is 23.1 Å². The molecule has 1 aromatic carbocycles. The highest BCUT2D eigenvalue weighted by Crippen LogP contribution is 2.28. The van der Waals surface area contributed by atoms with Crippen molar-refractivity contribution in [3.8, 4) is 0 Å². The molecule has 0 radical (unpaired) electrons. The smallest absolute Gasteiger partial charge is 0.293 e. The number of nitrogens with zero attached hydrogens (tertiary/aromatic N) is 1. The van der Waals surface area contributed by atoms with Gasteiger partial charge in [-0.2, -0.15) is 0 Å². The van der Waals surface area contributed by atoms with Gasteiger partial charge in [-0.05, 0) is 26.0 Å². The van der Waals surface area contributed by atoms with E-state index < -0.39 is 26.5 Å². The maximum atomic E-state index is 11.6. The quantitative estimate of drug-likeness (QED) is 0.595. The minimum atomic E-state index is -3.54. The lowest BCUT2D eigenvalue weighted by Crippen LogP contribution is -2.37. The number of sulfone groups is 1. The summed E-state index contributed by atoms with van der Waals surface area (Å²) in [5.74, 6) is -0.306. The Morgan fingerprint density at radius 2 is 2.05 bits per heavy atom. The molecule has 0 spiro atoms. The summed E-state index contributed by atoms with van der Waals surface area (Å²) >= 11 is 0. The first-order valence-electron chi connectivity index (χ1n) is 6.19.